The van der Waals surface area contributed by atoms with Crippen molar-refractivity contribution in [3.8, 4) is 0 Å². The molecule has 5 nitrogen and oxygen atoms in total. The van der Waals surface area contributed by atoms with Crippen LogP contribution in [0, 0.1) is 5.92 Å². The van der Waals surface area contributed by atoms with Crippen LogP contribution in [-0.4, -0.2) is 53.1 Å². The van der Waals surface area contributed by atoms with Crippen LogP contribution < -0.4 is 0 Å². The summed E-state index contributed by atoms with van der Waals surface area (Å²) in [6, 6.07) is 0. The molecule has 1 rings (SSSR count). The summed E-state index contributed by atoms with van der Waals surface area (Å²) < 4.78 is 5.29. The van der Waals surface area contributed by atoms with Crippen molar-refractivity contribution in [3.63, 3.8) is 0 Å². The summed E-state index contributed by atoms with van der Waals surface area (Å²) in [5, 5.41) is 18.8. The molecule has 0 aromatic heterocycles. The number of nitrogens with zero attached hydrogens (tertiary/aromatic N) is 1. The average Bonchev–Trinajstić information content (AvgIpc) is 2.49. The maximum atomic E-state index is 12.2. The zero-order chi connectivity index (χ0) is 15.9. The maximum Gasteiger partial charge on any atom is 0.410 e. The lowest BCUT2D eigenvalue weighted by atomic mass is 9.73. The molecule has 118 valence electrons. The number of rotatable bonds is 7. The van der Waals surface area contributed by atoms with Crippen LogP contribution in [0.15, 0.2) is 36.5 Å². The minimum Gasteiger partial charge on any atom is -0.445 e. The van der Waals surface area contributed by atoms with E-state index in [4.69, 9.17) is 9.84 Å². The maximum absolute atomic E-state index is 12.2. The van der Waals surface area contributed by atoms with Crippen molar-refractivity contribution in [3.05, 3.63) is 36.5 Å². The first-order valence-electron chi connectivity index (χ1n) is 7.16. The first-order chi connectivity index (χ1) is 10.1. The number of amides is 1. The number of likely N-dealkylation sites (tertiary alicyclic amines) is 1. The first kappa shape index (κ1) is 17.5. The smallest absolute Gasteiger partial charge is 0.410 e. The summed E-state index contributed by atoms with van der Waals surface area (Å²) >= 11 is 0. The fraction of sp³-hybridized carbons (Fsp3) is 0.562. The monoisotopic (exact) mass is 295 g/mol. The van der Waals surface area contributed by atoms with Crippen LogP contribution >= 0.6 is 0 Å². The zero-order valence-corrected chi connectivity index (χ0v) is 12.8. The normalized spacial score (nSPS) is 25.8. The van der Waals surface area contributed by atoms with Gasteiger partial charge in [-0.15, -0.1) is 0 Å². The second-order valence-electron chi connectivity index (χ2n) is 5.26. The van der Waals surface area contributed by atoms with E-state index in [2.05, 4.69) is 6.58 Å². The van der Waals surface area contributed by atoms with Crippen molar-refractivity contribution in [1.82, 2.24) is 4.90 Å². The van der Waals surface area contributed by atoms with E-state index in [1.54, 1.807) is 12.2 Å². The third-order valence-corrected chi connectivity index (χ3v) is 4.13. The van der Waals surface area contributed by atoms with Crippen molar-refractivity contribution in [2.75, 3.05) is 26.4 Å². The fourth-order valence-electron chi connectivity index (χ4n) is 2.57. The molecule has 2 atom stereocenters. The Morgan fingerprint density at radius 2 is 2.24 bits per heavy atom. The predicted octanol–water partition coefficient (Wildman–Crippen LogP) is 1.88. The Bertz CT molecular complexity index is 430. The topological polar surface area (TPSA) is 70.0 Å². The number of allylic oxidation sites excluding steroid dienone is 3. The van der Waals surface area contributed by atoms with E-state index < -0.39 is 11.6 Å². The molecule has 1 fully saturated rings. The van der Waals surface area contributed by atoms with E-state index in [-0.39, 0.29) is 25.7 Å². The van der Waals surface area contributed by atoms with E-state index in [0.29, 0.717) is 13.0 Å². The molecule has 0 radical (unpaired) electrons. The van der Waals surface area contributed by atoms with E-state index in [0.717, 1.165) is 5.57 Å². The van der Waals surface area contributed by atoms with Gasteiger partial charge in [0.2, 0.25) is 0 Å². The highest BCUT2D eigenvalue weighted by atomic mass is 16.6. The number of aliphatic hydroxyl groups excluding tert-OH is 2. The van der Waals surface area contributed by atoms with E-state index in [1.165, 1.54) is 4.90 Å². The Morgan fingerprint density at radius 3 is 2.71 bits per heavy atom. The van der Waals surface area contributed by atoms with Gasteiger partial charge in [-0.1, -0.05) is 37.8 Å². The SMILES string of the molecule is C=C/C=C\C(=C/C)COC(=O)N1C[C@H](C)[C@@]1(CO)CCO. The lowest BCUT2D eigenvalue weighted by molar-refractivity contribution is -0.0997. The van der Waals surface area contributed by atoms with Gasteiger partial charge in [-0.2, -0.15) is 0 Å². The van der Waals surface area contributed by atoms with Crippen LogP contribution in [0.4, 0.5) is 4.79 Å². The fourth-order valence-corrected chi connectivity index (χ4v) is 2.57. The highest BCUT2D eigenvalue weighted by Gasteiger charge is 2.53. The predicted molar refractivity (Wildman–Crippen MR) is 81.8 cm³/mol. The molecule has 0 spiro atoms. The summed E-state index contributed by atoms with van der Waals surface area (Å²) in [5.74, 6) is 0.143. The molecule has 0 saturated carbocycles. The van der Waals surface area contributed by atoms with Crippen LogP contribution in [0.2, 0.25) is 0 Å². The average molecular weight is 295 g/mol. The molecule has 0 aromatic rings. The van der Waals surface area contributed by atoms with Crippen LogP contribution in [0.25, 0.3) is 0 Å². The number of aliphatic hydroxyl groups is 2. The van der Waals surface area contributed by atoms with Gasteiger partial charge in [0.05, 0.1) is 12.1 Å². The largest absolute Gasteiger partial charge is 0.445 e. The molecule has 1 aliphatic rings. The number of ether oxygens (including phenoxy) is 1. The summed E-state index contributed by atoms with van der Waals surface area (Å²) in [4.78, 5) is 13.7. The second-order valence-corrected chi connectivity index (χ2v) is 5.26. The van der Waals surface area contributed by atoms with Crippen molar-refractivity contribution < 1.29 is 19.7 Å². The zero-order valence-electron chi connectivity index (χ0n) is 12.8. The number of carbonyl (C=O) groups is 1. The quantitative estimate of drug-likeness (QED) is 0.704. The van der Waals surface area contributed by atoms with Crippen LogP contribution in [0.5, 0.6) is 0 Å². The first-order valence-corrected chi connectivity index (χ1v) is 7.16. The molecule has 1 aliphatic heterocycles. The van der Waals surface area contributed by atoms with Gasteiger partial charge in [-0.25, -0.2) is 4.79 Å². The third kappa shape index (κ3) is 3.74. The molecular weight excluding hydrogens is 270 g/mol. The molecule has 5 heteroatoms. The van der Waals surface area contributed by atoms with E-state index >= 15 is 0 Å². The minimum absolute atomic E-state index is 0.0726. The highest BCUT2D eigenvalue weighted by Crippen LogP contribution is 2.39. The van der Waals surface area contributed by atoms with Crippen LogP contribution in [0.1, 0.15) is 20.3 Å². The van der Waals surface area contributed by atoms with Gasteiger partial charge in [0.1, 0.15) is 6.61 Å². The summed E-state index contributed by atoms with van der Waals surface area (Å²) in [6.07, 6.45) is 7.01. The summed E-state index contributed by atoms with van der Waals surface area (Å²) in [6.45, 7) is 7.88. The molecule has 21 heavy (non-hydrogen) atoms. The Hall–Kier alpha value is -1.59. The third-order valence-electron chi connectivity index (χ3n) is 4.13. The lowest BCUT2D eigenvalue weighted by Gasteiger charge is -2.56. The van der Waals surface area contributed by atoms with E-state index in [9.17, 15) is 9.90 Å². The van der Waals surface area contributed by atoms with Crippen LogP contribution in [-0.2, 0) is 4.74 Å². The standard InChI is InChI=1S/C16H25NO4/c1-4-6-7-14(5-2)11-21-15(20)17-10-13(3)16(17,12-19)8-9-18/h4-7,13,18-19H,1,8-12H2,2-3H3/b7-6-,14-5+/t13-,16-/m0/s1. The Morgan fingerprint density at radius 1 is 1.52 bits per heavy atom. The number of carbonyl (C=O) groups excluding carboxylic acids is 1. The van der Waals surface area contributed by atoms with Gasteiger partial charge in [0.25, 0.3) is 0 Å². The van der Waals surface area contributed by atoms with Gasteiger partial charge >= 0.3 is 6.09 Å². The minimum atomic E-state index is -0.696. The number of hydrogen-bond acceptors (Lipinski definition) is 4. The van der Waals surface area contributed by atoms with Crippen molar-refractivity contribution in [2.45, 2.75) is 25.8 Å². The van der Waals surface area contributed by atoms with Gasteiger partial charge in [0.15, 0.2) is 0 Å². The van der Waals surface area contributed by atoms with Crippen molar-refractivity contribution in [2.24, 2.45) is 5.92 Å². The molecule has 1 saturated heterocycles. The Balaban J connectivity index is 2.63. The Labute approximate surface area is 126 Å². The molecular formula is C16H25NO4. The Kier molecular flexibility index (Phi) is 6.65. The summed E-state index contributed by atoms with van der Waals surface area (Å²) in [7, 11) is 0. The lowest BCUT2D eigenvalue weighted by Crippen LogP contribution is -2.70. The van der Waals surface area contributed by atoms with Crippen molar-refractivity contribution in [1.29, 1.82) is 0 Å². The molecule has 0 unspecified atom stereocenters. The molecule has 0 aromatic carbocycles. The van der Waals surface area contributed by atoms with Crippen LogP contribution in [0.3, 0.4) is 0 Å². The molecule has 1 heterocycles. The van der Waals surface area contributed by atoms with Gasteiger partial charge < -0.3 is 14.9 Å². The van der Waals surface area contributed by atoms with Crippen molar-refractivity contribution >= 4 is 6.09 Å². The summed E-state index contributed by atoms with van der Waals surface area (Å²) in [5.41, 5.74) is 0.173. The molecule has 2 N–H and O–H groups in total. The van der Waals surface area contributed by atoms with E-state index in [1.807, 2.05) is 26.0 Å². The molecule has 1 amide bonds. The highest BCUT2D eigenvalue weighted by molar-refractivity contribution is 5.70. The van der Waals surface area contributed by atoms with Gasteiger partial charge in [-0.3, -0.25) is 4.90 Å². The van der Waals surface area contributed by atoms with Gasteiger partial charge in [0, 0.05) is 13.2 Å². The second kappa shape index (κ2) is 8.00. The molecule has 0 aliphatic carbocycles. The van der Waals surface area contributed by atoms with Gasteiger partial charge in [-0.05, 0) is 24.8 Å². The molecule has 0 bridgehead atoms. The number of hydrogen-bond donors (Lipinski definition) is 2.